The molecule has 0 heterocycles. The zero-order chi connectivity index (χ0) is 15.2. The number of nitrogens with zero attached hydrogens (tertiary/aromatic N) is 1. The molecule has 0 aliphatic carbocycles. The van der Waals surface area contributed by atoms with Crippen molar-refractivity contribution in [2.45, 2.75) is 20.0 Å². The summed E-state index contributed by atoms with van der Waals surface area (Å²) in [5, 5.41) is 8.83. The van der Waals surface area contributed by atoms with Crippen LogP contribution in [0.25, 0.3) is 0 Å². The van der Waals surface area contributed by atoms with Gasteiger partial charge in [0.2, 0.25) is 0 Å². The van der Waals surface area contributed by atoms with Crippen LogP contribution in [-0.2, 0) is 4.79 Å². The molecule has 0 aliphatic heterocycles. The maximum absolute atomic E-state index is 12.0. The number of carbonyl (C=O) groups is 1. The summed E-state index contributed by atoms with van der Waals surface area (Å²) >= 11 is 0. The van der Waals surface area contributed by atoms with E-state index in [1.165, 1.54) is 0 Å². The summed E-state index contributed by atoms with van der Waals surface area (Å²) in [7, 11) is 0. The Morgan fingerprint density at radius 2 is 1.95 bits per heavy atom. The topological polar surface area (TPSA) is 59.3 Å². The highest BCUT2D eigenvalue weighted by atomic mass is 16.6. The van der Waals surface area contributed by atoms with Gasteiger partial charge in [-0.25, -0.2) is 4.79 Å². The van der Waals surface area contributed by atoms with Gasteiger partial charge in [0, 0.05) is 0 Å². The first-order valence-corrected chi connectivity index (χ1v) is 6.54. The molecule has 4 nitrogen and oxygen atoms in total. The van der Waals surface area contributed by atoms with Crippen molar-refractivity contribution in [1.29, 1.82) is 5.26 Å². The van der Waals surface area contributed by atoms with Crippen LogP contribution < -0.4 is 9.47 Å². The van der Waals surface area contributed by atoms with Gasteiger partial charge in [-0.1, -0.05) is 24.3 Å². The highest BCUT2D eigenvalue weighted by Crippen LogP contribution is 2.19. The third kappa shape index (κ3) is 3.83. The molecule has 0 aromatic heterocycles. The fraction of sp³-hybridized carbons (Fsp3) is 0.176. The minimum atomic E-state index is -0.765. The molecule has 4 heteroatoms. The molecule has 0 aliphatic rings. The Morgan fingerprint density at radius 1 is 1.19 bits per heavy atom. The normalized spacial score (nSPS) is 11.3. The second-order valence-corrected chi connectivity index (χ2v) is 4.59. The third-order valence-electron chi connectivity index (χ3n) is 2.91. The van der Waals surface area contributed by atoms with Crippen molar-refractivity contribution in [3.05, 3.63) is 59.7 Å². The first kappa shape index (κ1) is 14.6. The highest BCUT2D eigenvalue weighted by molar-refractivity contribution is 5.77. The minimum Gasteiger partial charge on any atom is -0.479 e. The van der Waals surface area contributed by atoms with Crippen LogP contribution >= 0.6 is 0 Å². The summed E-state index contributed by atoms with van der Waals surface area (Å²) in [5.41, 5.74) is 1.36. The molecule has 1 unspecified atom stereocenters. The van der Waals surface area contributed by atoms with E-state index in [-0.39, 0.29) is 0 Å². The molecule has 0 amide bonds. The van der Waals surface area contributed by atoms with Gasteiger partial charge in [0.05, 0.1) is 11.6 Å². The Kier molecular flexibility index (Phi) is 4.57. The van der Waals surface area contributed by atoms with Gasteiger partial charge in [-0.05, 0) is 43.7 Å². The van der Waals surface area contributed by atoms with Crippen LogP contribution in [0, 0.1) is 18.3 Å². The summed E-state index contributed by atoms with van der Waals surface area (Å²) in [6, 6.07) is 15.9. The van der Waals surface area contributed by atoms with Crippen molar-refractivity contribution in [2.24, 2.45) is 0 Å². The Hall–Kier alpha value is -2.80. The van der Waals surface area contributed by atoms with Gasteiger partial charge in [0.25, 0.3) is 0 Å². The van der Waals surface area contributed by atoms with E-state index in [1.54, 1.807) is 43.3 Å². The molecule has 2 aromatic carbocycles. The molecule has 0 saturated carbocycles. The monoisotopic (exact) mass is 281 g/mol. The van der Waals surface area contributed by atoms with E-state index in [9.17, 15) is 4.79 Å². The van der Waals surface area contributed by atoms with Crippen LogP contribution in [0.15, 0.2) is 48.5 Å². The molecular weight excluding hydrogens is 266 g/mol. The molecule has 0 bridgehead atoms. The Balaban J connectivity index is 2.03. The lowest BCUT2D eigenvalue weighted by atomic mass is 10.2. The molecule has 21 heavy (non-hydrogen) atoms. The number of ether oxygens (including phenoxy) is 2. The number of benzene rings is 2. The maximum atomic E-state index is 12.0. The molecule has 106 valence electrons. The van der Waals surface area contributed by atoms with Crippen LogP contribution in [0.2, 0.25) is 0 Å². The second kappa shape index (κ2) is 6.58. The number of hydrogen-bond donors (Lipinski definition) is 0. The summed E-state index contributed by atoms with van der Waals surface area (Å²) in [6.07, 6.45) is -0.765. The van der Waals surface area contributed by atoms with Crippen molar-refractivity contribution in [3.63, 3.8) is 0 Å². The van der Waals surface area contributed by atoms with E-state index in [2.05, 4.69) is 0 Å². The van der Waals surface area contributed by atoms with Crippen molar-refractivity contribution >= 4 is 5.97 Å². The van der Waals surface area contributed by atoms with E-state index in [1.807, 2.05) is 25.1 Å². The molecule has 0 fully saturated rings. The van der Waals surface area contributed by atoms with Gasteiger partial charge in [-0.15, -0.1) is 0 Å². The van der Waals surface area contributed by atoms with Crippen molar-refractivity contribution in [3.8, 4) is 17.6 Å². The number of nitriles is 1. The average molecular weight is 281 g/mol. The molecule has 2 aromatic rings. The minimum absolute atomic E-state index is 0.461. The lowest BCUT2D eigenvalue weighted by Gasteiger charge is -2.14. The van der Waals surface area contributed by atoms with E-state index in [0.717, 1.165) is 5.56 Å². The number of carbonyl (C=O) groups excluding carboxylic acids is 1. The van der Waals surface area contributed by atoms with Gasteiger partial charge in [0.1, 0.15) is 11.5 Å². The highest BCUT2D eigenvalue weighted by Gasteiger charge is 2.18. The van der Waals surface area contributed by atoms with Gasteiger partial charge in [-0.3, -0.25) is 0 Å². The first-order chi connectivity index (χ1) is 10.1. The van der Waals surface area contributed by atoms with Crippen LogP contribution in [0.4, 0.5) is 0 Å². The summed E-state index contributed by atoms with van der Waals surface area (Å²) in [6.45, 7) is 3.48. The number of aryl methyl sites for hydroxylation is 1. The van der Waals surface area contributed by atoms with E-state index >= 15 is 0 Å². The van der Waals surface area contributed by atoms with Crippen LogP contribution in [0.5, 0.6) is 11.5 Å². The second-order valence-electron chi connectivity index (χ2n) is 4.59. The fourth-order valence-corrected chi connectivity index (χ4v) is 1.75. The summed E-state index contributed by atoms with van der Waals surface area (Å²) < 4.78 is 10.8. The molecular formula is C17H15NO3. The SMILES string of the molecule is Cc1ccccc1OC(=O)C(C)Oc1cccc(C#N)c1. The van der Waals surface area contributed by atoms with Crippen molar-refractivity contribution in [2.75, 3.05) is 0 Å². The third-order valence-corrected chi connectivity index (χ3v) is 2.91. The van der Waals surface area contributed by atoms with Gasteiger partial charge < -0.3 is 9.47 Å². The Morgan fingerprint density at radius 3 is 2.67 bits per heavy atom. The molecule has 2 rings (SSSR count). The van der Waals surface area contributed by atoms with Crippen LogP contribution in [0.3, 0.4) is 0 Å². The zero-order valence-corrected chi connectivity index (χ0v) is 11.9. The molecule has 0 spiro atoms. The molecule has 0 radical (unpaired) electrons. The van der Waals surface area contributed by atoms with Gasteiger partial charge in [-0.2, -0.15) is 5.26 Å². The number of para-hydroxylation sites is 1. The quantitative estimate of drug-likeness (QED) is 0.637. The van der Waals surface area contributed by atoms with E-state index < -0.39 is 12.1 Å². The standard InChI is InChI=1S/C17H15NO3/c1-12-6-3-4-9-16(12)21-17(19)13(2)20-15-8-5-7-14(10-15)11-18/h3-10,13H,1-2H3. The Labute approximate surface area is 123 Å². The molecule has 0 saturated heterocycles. The molecule has 1 atom stereocenters. The smallest absolute Gasteiger partial charge is 0.352 e. The van der Waals surface area contributed by atoms with Crippen LogP contribution in [0.1, 0.15) is 18.1 Å². The maximum Gasteiger partial charge on any atom is 0.352 e. The van der Waals surface area contributed by atoms with E-state index in [4.69, 9.17) is 14.7 Å². The number of rotatable bonds is 4. The summed E-state index contributed by atoms with van der Waals surface area (Å²) in [4.78, 5) is 12.0. The predicted molar refractivity (Wildman–Crippen MR) is 78.1 cm³/mol. The van der Waals surface area contributed by atoms with Gasteiger partial charge >= 0.3 is 5.97 Å². The van der Waals surface area contributed by atoms with Crippen LogP contribution in [-0.4, -0.2) is 12.1 Å². The van der Waals surface area contributed by atoms with Crippen molar-refractivity contribution < 1.29 is 14.3 Å². The van der Waals surface area contributed by atoms with E-state index in [0.29, 0.717) is 17.1 Å². The summed E-state index contributed by atoms with van der Waals surface area (Å²) in [5.74, 6) is 0.499. The predicted octanol–water partition coefficient (Wildman–Crippen LogP) is 3.24. The Bertz CT molecular complexity index is 688. The fourth-order valence-electron chi connectivity index (χ4n) is 1.75. The number of hydrogen-bond acceptors (Lipinski definition) is 4. The lowest BCUT2D eigenvalue weighted by Crippen LogP contribution is -2.28. The largest absolute Gasteiger partial charge is 0.479 e. The van der Waals surface area contributed by atoms with Gasteiger partial charge in [0.15, 0.2) is 6.10 Å². The first-order valence-electron chi connectivity index (χ1n) is 6.54. The average Bonchev–Trinajstić information content (AvgIpc) is 2.49. The number of esters is 1. The van der Waals surface area contributed by atoms with Crippen molar-refractivity contribution in [1.82, 2.24) is 0 Å². The molecule has 0 N–H and O–H groups in total. The lowest BCUT2D eigenvalue weighted by molar-refractivity contribution is -0.141. The zero-order valence-electron chi connectivity index (χ0n) is 11.9.